The number of benzene rings is 1. The van der Waals surface area contributed by atoms with Crippen LogP contribution in [0.3, 0.4) is 0 Å². The molecule has 0 radical (unpaired) electrons. The third-order valence-electron chi connectivity index (χ3n) is 3.46. The number of carboxylic acid groups (broad SMARTS) is 1. The Kier molecular flexibility index (Phi) is 4.90. The predicted octanol–water partition coefficient (Wildman–Crippen LogP) is 1.30. The molecule has 1 aliphatic rings. The molecule has 0 bridgehead atoms. The molecule has 1 saturated carbocycles. The second kappa shape index (κ2) is 6.67. The van der Waals surface area contributed by atoms with Gasteiger partial charge in [-0.1, -0.05) is 12.1 Å². The van der Waals surface area contributed by atoms with Crippen LogP contribution in [0.15, 0.2) is 18.2 Å². The van der Waals surface area contributed by atoms with Crippen LogP contribution in [-0.4, -0.2) is 41.0 Å². The zero-order chi connectivity index (χ0) is 15.4. The Morgan fingerprint density at radius 1 is 1.38 bits per heavy atom. The number of halogens is 1. The SMILES string of the molecule is Cc1cc(CNC(=O)CN(CC(=O)O)C2CC2)ccc1F. The van der Waals surface area contributed by atoms with Gasteiger partial charge in [-0.2, -0.15) is 0 Å². The highest BCUT2D eigenvalue weighted by atomic mass is 19.1. The summed E-state index contributed by atoms with van der Waals surface area (Å²) in [7, 11) is 0. The number of hydrogen-bond donors (Lipinski definition) is 2. The Hall–Kier alpha value is -1.95. The molecule has 2 N–H and O–H groups in total. The highest BCUT2D eigenvalue weighted by molar-refractivity contribution is 5.79. The van der Waals surface area contributed by atoms with E-state index < -0.39 is 5.97 Å². The van der Waals surface area contributed by atoms with E-state index in [2.05, 4.69) is 5.32 Å². The number of carboxylic acids is 1. The van der Waals surface area contributed by atoms with Crippen LogP contribution >= 0.6 is 0 Å². The first kappa shape index (κ1) is 15.4. The van der Waals surface area contributed by atoms with E-state index in [9.17, 15) is 14.0 Å². The second-order valence-corrected chi connectivity index (χ2v) is 5.39. The number of amides is 1. The number of aryl methyl sites for hydroxylation is 1. The molecule has 6 heteroatoms. The fourth-order valence-corrected chi connectivity index (χ4v) is 2.19. The Balaban J connectivity index is 1.83. The molecular weight excluding hydrogens is 275 g/mol. The van der Waals surface area contributed by atoms with Crippen LogP contribution in [0.5, 0.6) is 0 Å². The molecule has 1 aliphatic carbocycles. The van der Waals surface area contributed by atoms with Gasteiger partial charge in [-0.25, -0.2) is 4.39 Å². The van der Waals surface area contributed by atoms with Gasteiger partial charge in [0.1, 0.15) is 5.82 Å². The van der Waals surface area contributed by atoms with Crippen molar-refractivity contribution in [2.75, 3.05) is 13.1 Å². The van der Waals surface area contributed by atoms with E-state index in [0.717, 1.165) is 18.4 Å². The molecule has 0 aliphatic heterocycles. The summed E-state index contributed by atoms with van der Waals surface area (Å²) >= 11 is 0. The van der Waals surface area contributed by atoms with Crippen LogP contribution in [0.1, 0.15) is 24.0 Å². The summed E-state index contributed by atoms with van der Waals surface area (Å²) in [6.07, 6.45) is 1.88. The van der Waals surface area contributed by atoms with Crippen molar-refractivity contribution >= 4 is 11.9 Å². The van der Waals surface area contributed by atoms with Gasteiger partial charge in [0.25, 0.3) is 0 Å². The molecule has 21 heavy (non-hydrogen) atoms. The van der Waals surface area contributed by atoms with Crippen molar-refractivity contribution in [2.45, 2.75) is 32.4 Å². The molecule has 0 atom stereocenters. The van der Waals surface area contributed by atoms with E-state index >= 15 is 0 Å². The Morgan fingerprint density at radius 3 is 2.67 bits per heavy atom. The van der Waals surface area contributed by atoms with E-state index in [1.807, 2.05) is 0 Å². The molecule has 0 saturated heterocycles. The summed E-state index contributed by atoms with van der Waals surface area (Å²) in [5.74, 6) is -1.42. The van der Waals surface area contributed by atoms with E-state index in [1.54, 1.807) is 24.0 Å². The number of rotatable bonds is 7. The first-order valence-electron chi connectivity index (χ1n) is 6.93. The highest BCUT2D eigenvalue weighted by Crippen LogP contribution is 2.26. The number of hydrogen-bond acceptors (Lipinski definition) is 3. The first-order valence-corrected chi connectivity index (χ1v) is 6.93. The maximum absolute atomic E-state index is 13.1. The van der Waals surface area contributed by atoms with Crippen LogP contribution in [0.2, 0.25) is 0 Å². The van der Waals surface area contributed by atoms with Gasteiger partial charge >= 0.3 is 5.97 Å². The van der Waals surface area contributed by atoms with Crippen molar-refractivity contribution in [1.29, 1.82) is 0 Å². The van der Waals surface area contributed by atoms with Crippen LogP contribution in [0.25, 0.3) is 0 Å². The van der Waals surface area contributed by atoms with Crippen molar-refractivity contribution < 1.29 is 19.1 Å². The van der Waals surface area contributed by atoms with Crippen molar-refractivity contribution in [3.05, 3.63) is 35.1 Å². The van der Waals surface area contributed by atoms with Crippen LogP contribution in [0.4, 0.5) is 4.39 Å². The standard InChI is InChI=1S/C15H19FN2O3/c1-10-6-11(2-5-13(10)16)7-17-14(19)8-18(9-15(20)21)12-3-4-12/h2,5-6,12H,3-4,7-9H2,1H3,(H,17,19)(H,20,21). The molecule has 1 fully saturated rings. The Bertz CT molecular complexity index is 544. The van der Waals surface area contributed by atoms with Gasteiger partial charge in [-0.05, 0) is 37.0 Å². The lowest BCUT2D eigenvalue weighted by atomic mass is 10.1. The zero-order valence-corrected chi connectivity index (χ0v) is 11.9. The normalized spacial score (nSPS) is 14.2. The molecule has 0 spiro atoms. The van der Waals surface area contributed by atoms with Gasteiger partial charge in [0, 0.05) is 12.6 Å². The average molecular weight is 294 g/mol. The monoisotopic (exact) mass is 294 g/mol. The van der Waals surface area contributed by atoms with Crippen molar-refractivity contribution in [3.8, 4) is 0 Å². The molecule has 0 unspecified atom stereocenters. The van der Waals surface area contributed by atoms with E-state index in [4.69, 9.17) is 5.11 Å². The minimum atomic E-state index is -0.927. The molecule has 2 rings (SSSR count). The topological polar surface area (TPSA) is 69.6 Å². The summed E-state index contributed by atoms with van der Waals surface area (Å²) in [5.41, 5.74) is 1.35. The average Bonchev–Trinajstić information content (AvgIpc) is 3.23. The minimum absolute atomic E-state index is 0.0805. The number of carbonyl (C=O) groups excluding carboxylic acids is 1. The van der Waals surface area contributed by atoms with Crippen molar-refractivity contribution in [1.82, 2.24) is 10.2 Å². The summed E-state index contributed by atoms with van der Waals surface area (Å²) in [6, 6.07) is 4.89. The van der Waals surface area contributed by atoms with Crippen molar-refractivity contribution in [2.24, 2.45) is 0 Å². The lowest BCUT2D eigenvalue weighted by Crippen LogP contribution is -2.40. The summed E-state index contributed by atoms with van der Waals surface area (Å²) < 4.78 is 13.1. The van der Waals surface area contributed by atoms with Crippen molar-refractivity contribution in [3.63, 3.8) is 0 Å². The predicted molar refractivity (Wildman–Crippen MR) is 75.2 cm³/mol. The van der Waals surface area contributed by atoms with Gasteiger partial charge < -0.3 is 10.4 Å². The van der Waals surface area contributed by atoms with Crippen LogP contribution in [0, 0.1) is 12.7 Å². The minimum Gasteiger partial charge on any atom is -0.480 e. The smallest absolute Gasteiger partial charge is 0.317 e. The molecule has 1 aromatic rings. The fourth-order valence-electron chi connectivity index (χ4n) is 2.19. The maximum atomic E-state index is 13.1. The highest BCUT2D eigenvalue weighted by Gasteiger charge is 2.31. The maximum Gasteiger partial charge on any atom is 0.317 e. The van der Waals surface area contributed by atoms with E-state index in [-0.39, 0.29) is 30.9 Å². The molecule has 0 aromatic heterocycles. The largest absolute Gasteiger partial charge is 0.480 e. The van der Waals surface area contributed by atoms with Gasteiger partial charge in [0.05, 0.1) is 13.1 Å². The summed E-state index contributed by atoms with van der Waals surface area (Å²) in [5, 5.41) is 11.6. The third-order valence-corrected chi connectivity index (χ3v) is 3.46. The molecule has 5 nitrogen and oxygen atoms in total. The number of nitrogens with zero attached hydrogens (tertiary/aromatic N) is 1. The molecule has 1 aromatic carbocycles. The lowest BCUT2D eigenvalue weighted by Gasteiger charge is -2.19. The van der Waals surface area contributed by atoms with E-state index in [0.29, 0.717) is 12.1 Å². The van der Waals surface area contributed by atoms with Crippen LogP contribution < -0.4 is 5.32 Å². The summed E-state index contributed by atoms with van der Waals surface area (Å²) in [4.78, 5) is 24.3. The van der Waals surface area contributed by atoms with E-state index in [1.165, 1.54) is 6.07 Å². The lowest BCUT2D eigenvalue weighted by molar-refractivity contribution is -0.138. The number of carbonyl (C=O) groups is 2. The molecule has 114 valence electrons. The second-order valence-electron chi connectivity index (χ2n) is 5.39. The van der Waals surface area contributed by atoms with Gasteiger partial charge in [0.15, 0.2) is 0 Å². The van der Waals surface area contributed by atoms with Gasteiger partial charge in [0.2, 0.25) is 5.91 Å². The number of aliphatic carboxylic acids is 1. The number of nitrogens with one attached hydrogen (secondary N) is 1. The quantitative estimate of drug-likeness (QED) is 0.795. The first-order chi connectivity index (χ1) is 9.95. The summed E-state index contributed by atoms with van der Waals surface area (Å²) in [6.45, 7) is 1.94. The fraction of sp³-hybridized carbons (Fsp3) is 0.467. The zero-order valence-electron chi connectivity index (χ0n) is 11.9. The third kappa shape index (κ3) is 4.82. The van der Waals surface area contributed by atoms with Crippen LogP contribution in [-0.2, 0) is 16.1 Å². The molecule has 1 amide bonds. The molecule has 0 heterocycles. The van der Waals surface area contributed by atoms with Gasteiger partial charge in [-0.15, -0.1) is 0 Å². The Labute approximate surface area is 122 Å². The molecular formula is C15H19FN2O3. The van der Waals surface area contributed by atoms with Gasteiger partial charge in [-0.3, -0.25) is 14.5 Å². The Morgan fingerprint density at radius 2 is 2.10 bits per heavy atom.